The molecule has 0 aromatic heterocycles. The van der Waals surface area contributed by atoms with Gasteiger partial charge in [0, 0.05) is 0 Å². The van der Waals surface area contributed by atoms with Crippen molar-refractivity contribution >= 4 is 21.5 Å². The Morgan fingerprint density at radius 1 is 0.511 bits per heavy atom. The van der Waals surface area contributed by atoms with Gasteiger partial charge in [-0.1, -0.05) is 145 Å². The number of aryl methyl sites for hydroxylation is 3. The van der Waals surface area contributed by atoms with E-state index in [0.717, 1.165) is 0 Å². The van der Waals surface area contributed by atoms with E-state index in [1.165, 1.54) is 77.2 Å². The SMILES string of the molecule is Cc1cc(-c2ccc(C(C)(C)C)cc2)c2cc(C(C)C)[cH-]c2c1.Cc1cc(-c2ccc(C(C)(C)C)cc2)c2cc(C)[cH-]c2c1.[Cl-].[Cl-].[Zr+4]. The molecule has 0 aliphatic heterocycles. The fourth-order valence-electron chi connectivity index (χ4n) is 6.23. The van der Waals surface area contributed by atoms with Gasteiger partial charge in [0.25, 0.3) is 0 Å². The van der Waals surface area contributed by atoms with Gasteiger partial charge in [-0.05, 0) is 52.8 Å². The molecule has 244 valence electrons. The summed E-state index contributed by atoms with van der Waals surface area (Å²) in [5, 5.41) is 5.45. The van der Waals surface area contributed by atoms with E-state index in [4.69, 9.17) is 0 Å². The van der Waals surface area contributed by atoms with E-state index in [-0.39, 0.29) is 61.8 Å². The Hall–Kier alpha value is -2.44. The van der Waals surface area contributed by atoms with Crippen LogP contribution in [0.1, 0.15) is 94.7 Å². The van der Waals surface area contributed by atoms with Gasteiger partial charge in [0.1, 0.15) is 0 Å². The zero-order valence-electron chi connectivity index (χ0n) is 30.1. The summed E-state index contributed by atoms with van der Waals surface area (Å²) in [5.41, 5.74) is 13.9. The molecule has 6 aromatic carbocycles. The van der Waals surface area contributed by atoms with Gasteiger partial charge < -0.3 is 24.8 Å². The molecule has 0 saturated carbocycles. The maximum atomic E-state index is 2.37. The number of halogens is 2. The Morgan fingerprint density at radius 3 is 1.28 bits per heavy atom. The summed E-state index contributed by atoms with van der Waals surface area (Å²) in [5.74, 6) is 0.568. The Morgan fingerprint density at radius 2 is 0.894 bits per heavy atom. The summed E-state index contributed by atoms with van der Waals surface area (Å²) in [7, 11) is 0. The summed E-state index contributed by atoms with van der Waals surface area (Å²) >= 11 is 0. The molecule has 0 amide bonds. The first kappa shape index (κ1) is 40.7. The molecule has 0 aliphatic carbocycles. The summed E-state index contributed by atoms with van der Waals surface area (Å²) in [6.07, 6.45) is 0. The van der Waals surface area contributed by atoms with E-state index in [0.29, 0.717) is 5.92 Å². The molecule has 0 unspecified atom stereocenters. The molecule has 0 bridgehead atoms. The van der Waals surface area contributed by atoms with Crippen molar-refractivity contribution in [1.29, 1.82) is 0 Å². The van der Waals surface area contributed by atoms with Crippen molar-refractivity contribution in [2.45, 2.75) is 92.9 Å². The first-order valence-corrected chi connectivity index (χ1v) is 16.2. The second kappa shape index (κ2) is 15.9. The van der Waals surface area contributed by atoms with Crippen molar-refractivity contribution < 1.29 is 51.0 Å². The summed E-state index contributed by atoms with van der Waals surface area (Å²) in [4.78, 5) is 0. The van der Waals surface area contributed by atoms with Crippen molar-refractivity contribution in [3.05, 3.63) is 130 Å². The molecule has 0 saturated heterocycles. The number of rotatable bonds is 3. The Labute approximate surface area is 316 Å². The molecule has 0 nitrogen and oxygen atoms in total. The zero-order chi connectivity index (χ0) is 32.0. The zero-order valence-corrected chi connectivity index (χ0v) is 34.0. The normalized spacial score (nSPS) is 11.4. The van der Waals surface area contributed by atoms with Gasteiger partial charge in [-0.15, -0.1) is 56.9 Å². The molecule has 0 N–H and O–H groups in total. The molecule has 0 heterocycles. The third-order valence-corrected chi connectivity index (χ3v) is 8.89. The van der Waals surface area contributed by atoms with Crippen molar-refractivity contribution in [3.63, 3.8) is 0 Å². The first-order valence-electron chi connectivity index (χ1n) is 16.2. The fraction of sp³-hybridized carbons (Fsp3) is 0.318. The second-order valence-corrected chi connectivity index (χ2v) is 15.3. The van der Waals surface area contributed by atoms with Crippen LogP contribution in [0.2, 0.25) is 0 Å². The van der Waals surface area contributed by atoms with Crippen molar-refractivity contribution in [1.82, 2.24) is 0 Å². The Balaban J connectivity index is 0.000000308. The number of hydrogen-bond donors (Lipinski definition) is 0. The Kier molecular flexibility index (Phi) is 13.7. The van der Waals surface area contributed by atoms with E-state index in [1.807, 2.05) is 0 Å². The molecule has 3 heteroatoms. The van der Waals surface area contributed by atoms with Crippen LogP contribution in [0.25, 0.3) is 43.8 Å². The largest absolute Gasteiger partial charge is 4.00 e. The minimum absolute atomic E-state index is 0. The molecule has 0 fully saturated rings. The molecule has 0 spiro atoms. The smallest absolute Gasteiger partial charge is 1.00 e. The summed E-state index contributed by atoms with van der Waals surface area (Å²) < 4.78 is 0. The third kappa shape index (κ3) is 9.38. The maximum Gasteiger partial charge on any atom is 4.00 e. The van der Waals surface area contributed by atoms with Gasteiger partial charge in [-0.2, -0.15) is 12.1 Å². The van der Waals surface area contributed by atoms with E-state index in [9.17, 15) is 0 Å². The Bertz CT molecular complexity index is 1900. The molecular formula is C44H50Cl2Zr. The van der Waals surface area contributed by atoms with Crippen LogP contribution in [-0.2, 0) is 37.0 Å². The third-order valence-electron chi connectivity index (χ3n) is 8.89. The number of benzene rings is 4. The quantitative estimate of drug-likeness (QED) is 0.170. The van der Waals surface area contributed by atoms with E-state index in [1.54, 1.807) is 0 Å². The van der Waals surface area contributed by atoms with Crippen LogP contribution >= 0.6 is 0 Å². The minimum Gasteiger partial charge on any atom is -1.00 e. The van der Waals surface area contributed by atoms with Crippen LogP contribution in [0.3, 0.4) is 0 Å². The van der Waals surface area contributed by atoms with Gasteiger partial charge in [0.05, 0.1) is 0 Å². The van der Waals surface area contributed by atoms with Crippen LogP contribution in [0.4, 0.5) is 0 Å². The minimum atomic E-state index is 0. The van der Waals surface area contributed by atoms with Crippen LogP contribution in [0.5, 0.6) is 0 Å². The number of hydrogen-bond acceptors (Lipinski definition) is 0. The van der Waals surface area contributed by atoms with Crippen molar-refractivity contribution in [2.24, 2.45) is 0 Å². The van der Waals surface area contributed by atoms with Gasteiger partial charge in [0.15, 0.2) is 0 Å². The molecule has 6 aromatic rings. The molecule has 0 aliphatic rings. The molecule has 0 radical (unpaired) electrons. The average molecular weight is 741 g/mol. The van der Waals surface area contributed by atoms with Gasteiger partial charge >= 0.3 is 26.2 Å². The molecular weight excluding hydrogens is 691 g/mol. The van der Waals surface area contributed by atoms with Crippen LogP contribution < -0.4 is 24.8 Å². The molecule has 0 atom stereocenters. The maximum absolute atomic E-state index is 2.37. The van der Waals surface area contributed by atoms with Crippen LogP contribution in [0, 0.1) is 20.8 Å². The number of fused-ring (bicyclic) bond motifs is 2. The molecule has 47 heavy (non-hydrogen) atoms. The van der Waals surface area contributed by atoms with Crippen molar-refractivity contribution in [3.8, 4) is 22.3 Å². The van der Waals surface area contributed by atoms with Crippen LogP contribution in [-0.4, -0.2) is 0 Å². The predicted molar refractivity (Wildman–Crippen MR) is 196 cm³/mol. The van der Waals surface area contributed by atoms with E-state index < -0.39 is 0 Å². The standard InChI is InChI=1S/C23H27.C21H23.2ClH.Zr/c1-15(2)18-13-19-11-16(3)12-21(22(19)14-18)17-7-9-20(10-8-17)23(4,5)6;1-14-10-17-11-15(2)13-20(17)19(12-14)16-6-8-18(9-7-16)21(3,4)5;;;/h7-15H,1-6H3;6-13H,1-5H3;2*1H;/q2*-1;;;+4/p-2. The summed E-state index contributed by atoms with van der Waals surface area (Å²) in [6.45, 7) is 24.6. The first-order chi connectivity index (χ1) is 20.6. The second-order valence-electron chi connectivity index (χ2n) is 15.3. The van der Waals surface area contributed by atoms with E-state index in [2.05, 4.69) is 173 Å². The topological polar surface area (TPSA) is 0 Å². The van der Waals surface area contributed by atoms with Gasteiger partial charge in [0.2, 0.25) is 0 Å². The van der Waals surface area contributed by atoms with Gasteiger partial charge in [-0.3, -0.25) is 0 Å². The monoisotopic (exact) mass is 738 g/mol. The average Bonchev–Trinajstić information content (AvgIpc) is 3.54. The van der Waals surface area contributed by atoms with Gasteiger partial charge in [-0.25, -0.2) is 0 Å². The molecule has 6 rings (SSSR count). The van der Waals surface area contributed by atoms with Crippen LogP contribution in [0.15, 0.2) is 97.1 Å². The fourth-order valence-corrected chi connectivity index (χ4v) is 6.23. The predicted octanol–water partition coefficient (Wildman–Crippen LogP) is 7.10. The van der Waals surface area contributed by atoms with Crippen molar-refractivity contribution in [2.75, 3.05) is 0 Å². The van der Waals surface area contributed by atoms with E-state index >= 15 is 0 Å². The summed E-state index contributed by atoms with van der Waals surface area (Å²) in [6, 6.07) is 36.6.